The molecule has 9 heteroatoms. The molecule has 1 amide bonds. The monoisotopic (exact) mass is 281 g/mol. The van der Waals surface area contributed by atoms with Gasteiger partial charge >= 0.3 is 5.69 Å². The van der Waals surface area contributed by atoms with Gasteiger partial charge in [-0.3, -0.25) is 19.6 Å². The summed E-state index contributed by atoms with van der Waals surface area (Å²) in [6, 6.07) is -0.656. The molecule has 0 fully saturated rings. The van der Waals surface area contributed by atoms with Crippen LogP contribution in [-0.4, -0.2) is 25.6 Å². The third-order valence-electron chi connectivity index (χ3n) is 2.53. The number of thiazole rings is 1. The highest BCUT2D eigenvalue weighted by molar-refractivity contribution is 7.13. The van der Waals surface area contributed by atoms with E-state index in [1.165, 1.54) is 29.1 Å². The van der Waals surface area contributed by atoms with Gasteiger partial charge in [0.25, 0.3) is 5.91 Å². The van der Waals surface area contributed by atoms with Gasteiger partial charge in [-0.15, -0.1) is 11.3 Å². The maximum absolute atomic E-state index is 11.9. The molecule has 1 N–H and O–H groups in total. The van der Waals surface area contributed by atoms with Crippen molar-refractivity contribution < 1.29 is 9.72 Å². The van der Waals surface area contributed by atoms with Gasteiger partial charge in [0.1, 0.15) is 17.9 Å². The first kappa shape index (κ1) is 13.1. The second-order valence-corrected chi connectivity index (χ2v) is 4.73. The first-order valence-electron chi connectivity index (χ1n) is 5.39. The van der Waals surface area contributed by atoms with Crippen molar-refractivity contribution >= 4 is 28.1 Å². The normalized spacial score (nSPS) is 12.1. The van der Waals surface area contributed by atoms with E-state index in [0.717, 1.165) is 0 Å². The van der Waals surface area contributed by atoms with E-state index in [4.69, 9.17) is 0 Å². The third-order valence-corrected chi connectivity index (χ3v) is 3.21. The van der Waals surface area contributed by atoms with Crippen molar-refractivity contribution in [2.24, 2.45) is 0 Å². The lowest BCUT2D eigenvalue weighted by molar-refractivity contribution is -0.385. The zero-order chi connectivity index (χ0) is 14.0. The fourth-order valence-corrected chi connectivity index (χ4v) is 2.00. The van der Waals surface area contributed by atoms with E-state index in [1.54, 1.807) is 18.5 Å². The number of aryl methyl sites for hydroxylation is 1. The van der Waals surface area contributed by atoms with Crippen molar-refractivity contribution in [1.29, 1.82) is 0 Å². The topological polar surface area (TPSA) is 103 Å². The Morgan fingerprint density at radius 3 is 2.89 bits per heavy atom. The summed E-state index contributed by atoms with van der Waals surface area (Å²) < 4.78 is 1.27. The average Bonchev–Trinajstić information content (AvgIpc) is 2.97. The summed E-state index contributed by atoms with van der Waals surface area (Å²) >= 11 is 1.30. The van der Waals surface area contributed by atoms with Crippen LogP contribution in [0.1, 0.15) is 18.7 Å². The Balaban J connectivity index is 2.15. The van der Waals surface area contributed by atoms with Crippen molar-refractivity contribution in [1.82, 2.24) is 14.8 Å². The van der Waals surface area contributed by atoms with Crippen LogP contribution >= 0.6 is 11.3 Å². The van der Waals surface area contributed by atoms with Crippen molar-refractivity contribution in [2.45, 2.75) is 19.9 Å². The molecule has 0 aliphatic heterocycles. The maximum atomic E-state index is 11.9. The van der Waals surface area contributed by atoms with Crippen LogP contribution in [0.5, 0.6) is 0 Å². The highest BCUT2D eigenvalue weighted by Gasteiger charge is 2.22. The van der Waals surface area contributed by atoms with Crippen LogP contribution in [-0.2, 0) is 4.79 Å². The smallest absolute Gasteiger partial charge is 0.300 e. The van der Waals surface area contributed by atoms with Crippen molar-refractivity contribution in [2.75, 3.05) is 5.32 Å². The van der Waals surface area contributed by atoms with Crippen LogP contribution in [0.3, 0.4) is 0 Å². The Bertz CT molecular complexity index is 607. The highest BCUT2D eigenvalue weighted by atomic mass is 32.1. The minimum atomic E-state index is -0.656. The Morgan fingerprint density at radius 1 is 1.63 bits per heavy atom. The number of amides is 1. The molecule has 0 spiro atoms. The molecule has 0 saturated heterocycles. The van der Waals surface area contributed by atoms with Gasteiger partial charge in [0.15, 0.2) is 5.13 Å². The summed E-state index contributed by atoms with van der Waals surface area (Å²) in [7, 11) is 0. The number of hydrogen-bond donors (Lipinski definition) is 1. The van der Waals surface area contributed by atoms with Crippen molar-refractivity contribution in [3.05, 3.63) is 33.6 Å². The first-order chi connectivity index (χ1) is 8.99. The molecule has 0 aromatic carbocycles. The average molecular weight is 281 g/mol. The van der Waals surface area contributed by atoms with E-state index in [-0.39, 0.29) is 17.3 Å². The van der Waals surface area contributed by atoms with Gasteiger partial charge in [-0.05, 0) is 13.8 Å². The minimum Gasteiger partial charge on any atom is -0.300 e. The number of rotatable bonds is 4. The van der Waals surface area contributed by atoms with Gasteiger partial charge in [-0.1, -0.05) is 0 Å². The third kappa shape index (κ3) is 2.76. The molecule has 1 unspecified atom stereocenters. The fourth-order valence-electron chi connectivity index (χ4n) is 1.46. The molecule has 0 bridgehead atoms. The van der Waals surface area contributed by atoms with E-state index < -0.39 is 11.0 Å². The predicted molar refractivity (Wildman–Crippen MR) is 69.1 cm³/mol. The molecular formula is C10H11N5O3S. The lowest BCUT2D eigenvalue weighted by Gasteiger charge is -2.10. The number of carbonyl (C=O) groups excluding carboxylic acids is 1. The van der Waals surface area contributed by atoms with Gasteiger partial charge in [0.2, 0.25) is 0 Å². The van der Waals surface area contributed by atoms with Gasteiger partial charge in [-0.2, -0.15) is 5.10 Å². The molecule has 0 saturated carbocycles. The molecule has 2 aromatic heterocycles. The van der Waals surface area contributed by atoms with Crippen LogP contribution in [0.2, 0.25) is 0 Å². The Kier molecular flexibility index (Phi) is 3.56. The van der Waals surface area contributed by atoms with E-state index in [0.29, 0.717) is 5.13 Å². The quantitative estimate of drug-likeness (QED) is 0.679. The lowest BCUT2D eigenvalue weighted by Crippen LogP contribution is -2.24. The number of aromatic nitrogens is 3. The van der Waals surface area contributed by atoms with Gasteiger partial charge < -0.3 is 5.32 Å². The molecule has 2 aromatic rings. The molecule has 2 heterocycles. The van der Waals surface area contributed by atoms with Gasteiger partial charge in [-0.25, -0.2) is 4.98 Å². The first-order valence-corrected chi connectivity index (χ1v) is 6.27. The van der Waals surface area contributed by atoms with Gasteiger partial charge in [0.05, 0.1) is 4.92 Å². The minimum absolute atomic E-state index is 0.103. The summed E-state index contributed by atoms with van der Waals surface area (Å²) in [4.78, 5) is 26.1. The summed E-state index contributed by atoms with van der Waals surface area (Å²) in [6.45, 7) is 3.14. The number of anilines is 1. The summed E-state index contributed by atoms with van der Waals surface area (Å²) in [5.41, 5.74) is 0.174. The van der Waals surface area contributed by atoms with Gasteiger partial charge in [0, 0.05) is 11.6 Å². The SMILES string of the molecule is Cc1nn(C(C)C(=O)Nc2nccs2)cc1[N+](=O)[O-]. The lowest BCUT2D eigenvalue weighted by atomic mass is 10.3. The number of nitro groups is 1. The molecule has 2 rings (SSSR count). The zero-order valence-corrected chi connectivity index (χ0v) is 11.0. The number of hydrogen-bond acceptors (Lipinski definition) is 6. The number of carbonyl (C=O) groups is 1. The zero-order valence-electron chi connectivity index (χ0n) is 10.2. The molecule has 19 heavy (non-hydrogen) atoms. The largest absolute Gasteiger partial charge is 0.309 e. The molecule has 0 aliphatic carbocycles. The molecule has 100 valence electrons. The second kappa shape index (κ2) is 5.14. The summed E-state index contributed by atoms with van der Waals surface area (Å²) in [5, 5.41) is 19.5. The fraction of sp³-hybridized carbons (Fsp3) is 0.300. The molecule has 1 atom stereocenters. The summed E-state index contributed by atoms with van der Waals surface area (Å²) in [5.74, 6) is -0.327. The predicted octanol–water partition coefficient (Wildman–Crippen LogP) is 1.76. The number of nitrogens with zero attached hydrogens (tertiary/aromatic N) is 4. The Labute approximate surface area is 112 Å². The van der Waals surface area contributed by atoms with Crippen LogP contribution < -0.4 is 5.32 Å². The Morgan fingerprint density at radius 2 is 2.37 bits per heavy atom. The standard InChI is InChI=1S/C10H11N5O3S/c1-6-8(15(17)18)5-14(13-6)7(2)9(16)12-10-11-3-4-19-10/h3-5,7H,1-2H3,(H,11,12,16). The maximum Gasteiger partial charge on any atom is 0.309 e. The van der Waals surface area contributed by atoms with Crippen LogP contribution in [0.15, 0.2) is 17.8 Å². The highest BCUT2D eigenvalue weighted by Crippen LogP contribution is 2.19. The molecule has 0 aliphatic rings. The van der Waals surface area contributed by atoms with Crippen LogP contribution in [0, 0.1) is 17.0 Å². The molecular weight excluding hydrogens is 270 g/mol. The van der Waals surface area contributed by atoms with E-state index in [1.807, 2.05) is 0 Å². The van der Waals surface area contributed by atoms with E-state index in [9.17, 15) is 14.9 Å². The second-order valence-electron chi connectivity index (χ2n) is 3.84. The summed E-state index contributed by atoms with van der Waals surface area (Å²) in [6.07, 6.45) is 2.83. The van der Waals surface area contributed by atoms with E-state index in [2.05, 4.69) is 15.4 Å². The van der Waals surface area contributed by atoms with Crippen LogP contribution in [0.25, 0.3) is 0 Å². The molecule has 8 nitrogen and oxygen atoms in total. The molecule has 0 radical (unpaired) electrons. The van der Waals surface area contributed by atoms with Crippen LogP contribution in [0.4, 0.5) is 10.8 Å². The van der Waals surface area contributed by atoms with Crippen molar-refractivity contribution in [3.8, 4) is 0 Å². The van der Waals surface area contributed by atoms with E-state index >= 15 is 0 Å². The van der Waals surface area contributed by atoms with Crippen molar-refractivity contribution in [3.63, 3.8) is 0 Å². The number of nitrogens with one attached hydrogen (secondary N) is 1. The Hall–Kier alpha value is -2.29.